The Labute approximate surface area is 131 Å². The smallest absolute Gasteiger partial charge is 0.179 e. The Kier molecular flexibility index (Phi) is 6.26. The number of rotatable bonds is 8. The summed E-state index contributed by atoms with van der Waals surface area (Å²) in [6.45, 7) is 8.58. The zero-order valence-electron chi connectivity index (χ0n) is 13.1. The maximum Gasteiger partial charge on any atom is 0.179 e. The molecule has 0 aliphatic rings. The fourth-order valence-electron chi connectivity index (χ4n) is 2.41. The van der Waals surface area contributed by atoms with Gasteiger partial charge in [-0.25, -0.2) is 15.0 Å². The van der Waals surface area contributed by atoms with Crippen molar-refractivity contribution in [2.45, 2.75) is 46.5 Å². The van der Waals surface area contributed by atoms with E-state index in [1.807, 2.05) is 10.9 Å². The van der Waals surface area contributed by atoms with Crippen LogP contribution in [0.3, 0.4) is 0 Å². The summed E-state index contributed by atoms with van der Waals surface area (Å²) in [5, 5.41) is 5.47. The maximum atomic E-state index is 4.75. The van der Waals surface area contributed by atoms with Crippen LogP contribution in [0.2, 0.25) is 0 Å². The SMILES string of the molecule is CCCNCCc1c(CC)nc(-c2cscn2)nc1CC. The predicted octanol–water partition coefficient (Wildman–Crippen LogP) is 3.27. The molecule has 0 radical (unpaired) electrons. The Bertz CT molecular complexity index is 526. The van der Waals surface area contributed by atoms with Crippen LogP contribution in [0.1, 0.15) is 44.1 Å². The van der Waals surface area contributed by atoms with Crippen molar-refractivity contribution in [3.05, 3.63) is 27.8 Å². The zero-order valence-corrected chi connectivity index (χ0v) is 14.0. The maximum absolute atomic E-state index is 4.75. The van der Waals surface area contributed by atoms with Gasteiger partial charge in [0.1, 0.15) is 5.69 Å². The largest absolute Gasteiger partial charge is 0.316 e. The Morgan fingerprint density at radius 1 is 1.05 bits per heavy atom. The normalized spacial score (nSPS) is 11.0. The highest BCUT2D eigenvalue weighted by atomic mass is 32.1. The second kappa shape index (κ2) is 8.20. The third kappa shape index (κ3) is 4.08. The fourth-order valence-corrected chi connectivity index (χ4v) is 2.94. The van der Waals surface area contributed by atoms with E-state index < -0.39 is 0 Å². The van der Waals surface area contributed by atoms with E-state index in [1.165, 1.54) is 23.4 Å². The van der Waals surface area contributed by atoms with Gasteiger partial charge in [-0.3, -0.25) is 0 Å². The molecular weight excluding hydrogens is 280 g/mol. The number of thiazole rings is 1. The molecule has 2 heterocycles. The van der Waals surface area contributed by atoms with Crippen LogP contribution in [0.25, 0.3) is 11.5 Å². The second-order valence-electron chi connectivity index (χ2n) is 5.00. The van der Waals surface area contributed by atoms with Gasteiger partial charge in [0, 0.05) is 16.8 Å². The van der Waals surface area contributed by atoms with Gasteiger partial charge in [0.25, 0.3) is 0 Å². The van der Waals surface area contributed by atoms with Gasteiger partial charge in [-0.1, -0.05) is 20.8 Å². The summed E-state index contributed by atoms with van der Waals surface area (Å²) < 4.78 is 0. The van der Waals surface area contributed by atoms with Crippen LogP contribution in [-0.4, -0.2) is 28.0 Å². The molecule has 21 heavy (non-hydrogen) atoms. The first-order valence-corrected chi connectivity index (χ1v) is 8.72. The van der Waals surface area contributed by atoms with E-state index in [1.54, 1.807) is 11.3 Å². The minimum Gasteiger partial charge on any atom is -0.316 e. The van der Waals surface area contributed by atoms with Gasteiger partial charge < -0.3 is 5.32 Å². The van der Waals surface area contributed by atoms with Gasteiger partial charge in [0.15, 0.2) is 5.82 Å². The summed E-state index contributed by atoms with van der Waals surface area (Å²) in [5.41, 5.74) is 6.38. The molecule has 0 spiro atoms. The van der Waals surface area contributed by atoms with Crippen molar-refractivity contribution in [3.63, 3.8) is 0 Å². The van der Waals surface area contributed by atoms with Gasteiger partial charge in [-0.05, 0) is 44.3 Å². The molecule has 0 saturated carbocycles. The minimum absolute atomic E-state index is 0.773. The number of hydrogen-bond donors (Lipinski definition) is 1. The molecule has 0 amide bonds. The average Bonchev–Trinajstić information content (AvgIpc) is 3.05. The van der Waals surface area contributed by atoms with Gasteiger partial charge in [-0.2, -0.15) is 0 Å². The molecule has 0 atom stereocenters. The second-order valence-corrected chi connectivity index (χ2v) is 5.72. The van der Waals surface area contributed by atoms with E-state index in [0.717, 1.165) is 43.9 Å². The quantitative estimate of drug-likeness (QED) is 0.761. The predicted molar refractivity (Wildman–Crippen MR) is 88.8 cm³/mol. The van der Waals surface area contributed by atoms with Crippen LogP contribution >= 0.6 is 11.3 Å². The van der Waals surface area contributed by atoms with E-state index in [4.69, 9.17) is 9.97 Å². The topological polar surface area (TPSA) is 50.7 Å². The van der Waals surface area contributed by atoms with Crippen LogP contribution in [0, 0.1) is 0 Å². The molecule has 0 unspecified atom stereocenters. The lowest BCUT2D eigenvalue weighted by Crippen LogP contribution is -2.20. The molecule has 0 fully saturated rings. The zero-order chi connectivity index (χ0) is 15.1. The van der Waals surface area contributed by atoms with E-state index in [2.05, 4.69) is 31.1 Å². The lowest BCUT2D eigenvalue weighted by molar-refractivity contribution is 0.663. The molecule has 0 aliphatic carbocycles. The highest BCUT2D eigenvalue weighted by Crippen LogP contribution is 2.20. The fraction of sp³-hybridized carbons (Fsp3) is 0.562. The first-order valence-electron chi connectivity index (χ1n) is 7.78. The van der Waals surface area contributed by atoms with Gasteiger partial charge in [-0.15, -0.1) is 11.3 Å². The molecule has 0 bridgehead atoms. The average molecular weight is 304 g/mol. The molecule has 0 saturated heterocycles. The summed E-state index contributed by atoms with van der Waals surface area (Å²) in [6, 6.07) is 0. The minimum atomic E-state index is 0.773. The van der Waals surface area contributed by atoms with Crippen molar-refractivity contribution in [2.75, 3.05) is 13.1 Å². The van der Waals surface area contributed by atoms with Crippen molar-refractivity contribution in [2.24, 2.45) is 0 Å². The van der Waals surface area contributed by atoms with Crippen LogP contribution in [0.15, 0.2) is 10.9 Å². The Morgan fingerprint density at radius 2 is 1.76 bits per heavy atom. The highest BCUT2D eigenvalue weighted by Gasteiger charge is 2.14. The molecule has 5 heteroatoms. The third-order valence-corrected chi connectivity index (χ3v) is 4.07. The van der Waals surface area contributed by atoms with Gasteiger partial charge in [0.2, 0.25) is 0 Å². The van der Waals surface area contributed by atoms with Crippen LogP contribution < -0.4 is 5.32 Å². The highest BCUT2D eigenvalue weighted by molar-refractivity contribution is 7.07. The number of aryl methyl sites for hydroxylation is 2. The van der Waals surface area contributed by atoms with E-state index >= 15 is 0 Å². The summed E-state index contributed by atoms with van der Waals surface area (Å²) >= 11 is 1.58. The first-order chi connectivity index (χ1) is 10.3. The molecule has 114 valence electrons. The van der Waals surface area contributed by atoms with E-state index in [9.17, 15) is 0 Å². The molecule has 0 aliphatic heterocycles. The van der Waals surface area contributed by atoms with E-state index in [0.29, 0.717) is 0 Å². The Morgan fingerprint density at radius 3 is 2.29 bits per heavy atom. The standard InChI is InChI=1S/C16H24N4S/c1-4-8-17-9-7-12-13(5-2)19-16(20-14(12)6-3)15-10-21-11-18-15/h10-11,17H,4-9H2,1-3H3. The van der Waals surface area contributed by atoms with Crippen molar-refractivity contribution >= 4 is 11.3 Å². The van der Waals surface area contributed by atoms with Gasteiger partial charge in [0.05, 0.1) is 5.51 Å². The van der Waals surface area contributed by atoms with Gasteiger partial charge >= 0.3 is 0 Å². The van der Waals surface area contributed by atoms with Crippen LogP contribution in [0.5, 0.6) is 0 Å². The lowest BCUT2D eigenvalue weighted by atomic mass is 10.0. The monoisotopic (exact) mass is 304 g/mol. The molecule has 4 nitrogen and oxygen atoms in total. The lowest BCUT2D eigenvalue weighted by Gasteiger charge is -2.13. The van der Waals surface area contributed by atoms with Crippen molar-refractivity contribution < 1.29 is 0 Å². The first kappa shape index (κ1) is 16.0. The molecule has 2 rings (SSSR count). The number of aromatic nitrogens is 3. The molecule has 0 aromatic carbocycles. The summed E-state index contributed by atoms with van der Waals surface area (Å²) in [5.74, 6) is 0.773. The number of hydrogen-bond acceptors (Lipinski definition) is 5. The molecule has 2 aromatic rings. The van der Waals surface area contributed by atoms with Crippen molar-refractivity contribution in [3.8, 4) is 11.5 Å². The van der Waals surface area contributed by atoms with Crippen LogP contribution in [-0.2, 0) is 19.3 Å². The van der Waals surface area contributed by atoms with Crippen LogP contribution in [0.4, 0.5) is 0 Å². The summed E-state index contributed by atoms with van der Waals surface area (Å²) in [7, 11) is 0. The Balaban J connectivity index is 2.26. The Hall–Kier alpha value is -1.33. The van der Waals surface area contributed by atoms with E-state index in [-0.39, 0.29) is 0 Å². The summed E-state index contributed by atoms with van der Waals surface area (Å²) in [4.78, 5) is 13.8. The summed E-state index contributed by atoms with van der Waals surface area (Å²) in [6.07, 6.45) is 4.05. The van der Waals surface area contributed by atoms with Crippen molar-refractivity contribution in [1.29, 1.82) is 0 Å². The third-order valence-electron chi connectivity index (χ3n) is 3.49. The molecule has 1 N–H and O–H groups in total. The molecule has 2 aromatic heterocycles. The van der Waals surface area contributed by atoms with Crippen molar-refractivity contribution in [1.82, 2.24) is 20.3 Å². The molecular formula is C16H24N4S. The number of nitrogens with one attached hydrogen (secondary N) is 1. The number of nitrogens with zero attached hydrogens (tertiary/aromatic N) is 3.